The number of benzene rings is 2. The molecule has 0 aliphatic carbocycles. The third-order valence-corrected chi connectivity index (χ3v) is 5.89. The SMILES string of the molecule is O=C(O)c1cnc(N2CCCC2c2ccc(Br)cc2)nc1COc1ccccc1Cl. The predicted octanol–water partition coefficient (Wildman–Crippen LogP) is 5.51. The van der Waals surface area contributed by atoms with Crippen LogP contribution in [-0.4, -0.2) is 27.6 Å². The Morgan fingerprint density at radius 3 is 2.73 bits per heavy atom. The summed E-state index contributed by atoms with van der Waals surface area (Å²) in [6, 6.07) is 15.4. The maximum Gasteiger partial charge on any atom is 0.339 e. The molecule has 0 amide bonds. The van der Waals surface area contributed by atoms with Crippen molar-refractivity contribution in [2.45, 2.75) is 25.5 Å². The van der Waals surface area contributed by atoms with Crippen molar-refractivity contribution in [2.75, 3.05) is 11.4 Å². The van der Waals surface area contributed by atoms with E-state index in [4.69, 9.17) is 16.3 Å². The van der Waals surface area contributed by atoms with E-state index in [1.807, 2.05) is 12.1 Å². The monoisotopic (exact) mass is 487 g/mol. The first-order chi connectivity index (χ1) is 14.5. The Morgan fingerprint density at radius 2 is 2.00 bits per heavy atom. The fourth-order valence-electron chi connectivity index (χ4n) is 3.58. The fourth-order valence-corrected chi connectivity index (χ4v) is 4.03. The highest BCUT2D eigenvalue weighted by atomic mass is 79.9. The van der Waals surface area contributed by atoms with E-state index in [1.54, 1.807) is 24.3 Å². The van der Waals surface area contributed by atoms with Crippen molar-refractivity contribution in [3.8, 4) is 5.75 Å². The van der Waals surface area contributed by atoms with Gasteiger partial charge in [-0.05, 0) is 42.7 Å². The van der Waals surface area contributed by atoms with Crippen LogP contribution in [0, 0.1) is 0 Å². The Morgan fingerprint density at radius 1 is 1.23 bits per heavy atom. The Kier molecular flexibility index (Phi) is 6.20. The van der Waals surface area contributed by atoms with Gasteiger partial charge in [0.2, 0.25) is 5.95 Å². The third-order valence-electron chi connectivity index (χ3n) is 5.05. The molecule has 1 saturated heterocycles. The van der Waals surface area contributed by atoms with Gasteiger partial charge in [0, 0.05) is 17.2 Å². The van der Waals surface area contributed by atoms with E-state index >= 15 is 0 Å². The van der Waals surface area contributed by atoms with Gasteiger partial charge in [-0.25, -0.2) is 14.8 Å². The number of aromatic carboxylic acids is 1. The summed E-state index contributed by atoms with van der Waals surface area (Å²) in [6.07, 6.45) is 3.35. The molecule has 154 valence electrons. The molecule has 1 aliphatic heterocycles. The summed E-state index contributed by atoms with van der Waals surface area (Å²) in [5.41, 5.74) is 1.51. The summed E-state index contributed by atoms with van der Waals surface area (Å²) in [7, 11) is 0. The molecule has 30 heavy (non-hydrogen) atoms. The summed E-state index contributed by atoms with van der Waals surface area (Å²) in [5.74, 6) is -0.113. The lowest BCUT2D eigenvalue weighted by atomic mass is 10.1. The van der Waals surface area contributed by atoms with E-state index in [2.05, 4.69) is 42.9 Å². The molecule has 1 aliphatic rings. The Hall–Kier alpha value is -2.64. The number of hydrogen-bond acceptors (Lipinski definition) is 5. The molecule has 1 atom stereocenters. The molecule has 2 heterocycles. The molecule has 1 fully saturated rings. The number of aromatic nitrogens is 2. The molecule has 0 spiro atoms. The van der Waals surface area contributed by atoms with Crippen LogP contribution in [-0.2, 0) is 6.61 Å². The zero-order chi connectivity index (χ0) is 21.1. The second-order valence-electron chi connectivity index (χ2n) is 6.96. The summed E-state index contributed by atoms with van der Waals surface area (Å²) in [6.45, 7) is 0.787. The minimum Gasteiger partial charge on any atom is -0.486 e. The van der Waals surface area contributed by atoms with Gasteiger partial charge in [-0.3, -0.25) is 0 Å². The highest BCUT2D eigenvalue weighted by Gasteiger charge is 2.29. The first kappa shape index (κ1) is 20.6. The highest BCUT2D eigenvalue weighted by Crippen LogP contribution is 2.35. The molecule has 3 aromatic rings. The smallest absolute Gasteiger partial charge is 0.339 e. The summed E-state index contributed by atoms with van der Waals surface area (Å²) in [5, 5.41) is 10.0. The van der Waals surface area contributed by atoms with Crippen molar-refractivity contribution in [1.29, 1.82) is 0 Å². The van der Waals surface area contributed by atoms with Crippen LogP contribution in [0.3, 0.4) is 0 Å². The quantitative estimate of drug-likeness (QED) is 0.493. The molecule has 0 bridgehead atoms. The number of para-hydroxylation sites is 1. The molecule has 0 radical (unpaired) electrons. The molecular formula is C22H19BrClN3O3. The van der Waals surface area contributed by atoms with E-state index in [0.717, 1.165) is 23.9 Å². The van der Waals surface area contributed by atoms with Crippen LogP contribution >= 0.6 is 27.5 Å². The van der Waals surface area contributed by atoms with Gasteiger partial charge in [0.1, 0.15) is 17.9 Å². The van der Waals surface area contributed by atoms with Crippen LogP contribution in [0.1, 0.15) is 40.5 Å². The Labute approximate surface area is 187 Å². The molecule has 1 N–H and O–H groups in total. The van der Waals surface area contributed by atoms with Gasteiger partial charge in [0.15, 0.2) is 0 Å². The molecule has 6 nitrogen and oxygen atoms in total. The number of nitrogens with zero attached hydrogens (tertiary/aromatic N) is 3. The van der Waals surface area contributed by atoms with Gasteiger partial charge < -0.3 is 14.7 Å². The van der Waals surface area contributed by atoms with Crippen LogP contribution in [0.4, 0.5) is 5.95 Å². The van der Waals surface area contributed by atoms with E-state index in [1.165, 1.54) is 11.8 Å². The topological polar surface area (TPSA) is 75.5 Å². The van der Waals surface area contributed by atoms with Gasteiger partial charge in [0.25, 0.3) is 0 Å². The highest BCUT2D eigenvalue weighted by molar-refractivity contribution is 9.10. The Balaban J connectivity index is 1.62. The van der Waals surface area contributed by atoms with Crippen LogP contribution in [0.2, 0.25) is 5.02 Å². The van der Waals surface area contributed by atoms with Crippen LogP contribution in [0.5, 0.6) is 5.75 Å². The Bertz CT molecular complexity index is 1060. The van der Waals surface area contributed by atoms with Crippen LogP contribution in [0.25, 0.3) is 0 Å². The van der Waals surface area contributed by atoms with Crippen LogP contribution in [0.15, 0.2) is 59.2 Å². The number of rotatable bonds is 6. The van der Waals surface area contributed by atoms with Gasteiger partial charge in [-0.15, -0.1) is 0 Å². The van der Waals surface area contributed by atoms with Crippen molar-refractivity contribution in [1.82, 2.24) is 9.97 Å². The first-order valence-electron chi connectivity index (χ1n) is 9.51. The second kappa shape index (κ2) is 9.02. The van der Waals surface area contributed by atoms with E-state index in [-0.39, 0.29) is 18.2 Å². The molecule has 8 heteroatoms. The van der Waals surface area contributed by atoms with E-state index < -0.39 is 5.97 Å². The first-order valence-corrected chi connectivity index (χ1v) is 10.7. The maximum absolute atomic E-state index is 11.7. The van der Waals surface area contributed by atoms with E-state index in [0.29, 0.717) is 22.4 Å². The number of anilines is 1. The average molecular weight is 489 g/mol. The number of halogens is 2. The minimum atomic E-state index is -1.09. The molecule has 1 aromatic heterocycles. The second-order valence-corrected chi connectivity index (χ2v) is 8.28. The lowest BCUT2D eigenvalue weighted by Gasteiger charge is -2.25. The van der Waals surface area contributed by atoms with Crippen molar-refractivity contribution >= 4 is 39.4 Å². The van der Waals surface area contributed by atoms with Gasteiger partial charge in [-0.1, -0.05) is 51.8 Å². The zero-order valence-electron chi connectivity index (χ0n) is 16.0. The summed E-state index contributed by atoms with van der Waals surface area (Å²) in [4.78, 5) is 22.7. The molecule has 1 unspecified atom stereocenters. The van der Waals surface area contributed by atoms with Crippen LogP contribution < -0.4 is 9.64 Å². The summed E-state index contributed by atoms with van der Waals surface area (Å²) >= 11 is 9.61. The predicted molar refractivity (Wildman–Crippen MR) is 118 cm³/mol. The summed E-state index contributed by atoms with van der Waals surface area (Å²) < 4.78 is 6.77. The van der Waals surface area contributed by atoms with Crippen molar-refractivity contribution in [3.05, 3.63) is 81.0 Å². The van der Waals surface area contributed by atoms with Crippen molar-refractivity contribution in [2.24, 2.45) is 0 Å². The van der Waals surface area contributed by atoms with Crippen molar-refractivity contribution in [3.63, 3.8) is 0 Å². The number of ether oxygens (including phenoxy) is 1. The average Bonchev–Trinajstić information content (AvgIpc) is 3.23. The minimum absolute atomic E-state index is 0.0162. The van der Waals surface area contributed by atoms with Gasteiger partial charge in [0.05, 0.1) is 16.8 Å². The zero-order valence-corrected chi connectivity index (χ0v) is 18.3. The lowest BCUT2D eigenvalue weighted by Crippen LogP contribution is -2.26. The maximum atomic E-state index is 11.7. The fraction of sp³-hybridized carbons (Fsp3) is 0.227. The molecule has 4 rings (SSSR count). The standard InChI is InChI=1S/C22H19BrClN3O3/c23-15-9-7-14(8-10-15)19-5-3-11-27(19)22-25-12-16(21(28)29)18(26-22)13-30-20-6-2-1-4-17(20)24/h1-2,4,6-10,12,19H,3,5,11,13H2,(H,28,29). The normalized spacial score (nSPS) is 15.9. The third kappa shape index (κ3) is 4.42. The van der Waals surface area contributed by atoms with Gasteiger partial charge >= 0.3 is 5.97 Å². The molecule has 0 saturated carbocycles. The largest absolute Gasteiger partial charge is 0.486 e. The molecule has 2 aromatic carbocycles. The van der Waals surface area contributed by atoms with Gasteiger partial charge in [-0.2, -0.15) is 0 Å². The number of hydrogen-bond donors (Lipinski definition) is 1. The van der Waals surface area contributed by atoms with E-state index in [9.17, 15) is 9.90 Å². The number of carboxylic acids is 1. The number of carboxylic acid groups (broad SMARTS) is 1. The molecular weight excluding hydrogens is 470 g/mol. The van der Waals surface area contributed by atoms with Crippen molar-refractivity contribution < 1.29 is 14.6 Å². The lowest BCUT2D eigenvalue weighted by molar-refractivity contribution is 0.0692. The number of carbonyl (C=O) groups is 1.